The van der Waals surface area contributed by atoms with Gasteiger partial charge in [0, 0.05) is 24.2 Å². The molecular formula is C14H20N2O. The van der Waals surface area contributed by atoms with Gasteiger partial charge in [0.05, 0.1) is 5.52 Å². The van der Waals surface area contributed by atoms with Crippen LogP contribution >= 0.6 is 0 Å². The number of hydrogen-bond acceptors (Lipinski definition) is 2. The van der Waals surface area contributed by atoms with Crippen LogP contribution in [0, 0.1) is 0 Å². The third-order valence-electron chi connectivity index (χ3n) is 3.32. The van der Waals surface area contributed by atoms with Crippen molar-refractivity contribution in [2.45, 2.75) is 32.9 Å². The van der Waals surface area contributed by atoms with Gasteiger partial charge in [-0.3, -0.25) is 0 Å². The molecule has 3 nitrogen and oxygen atoms in total. The summed E-state index contributed by atoms with van der Waals surface area (Å²) in [5.41, 5.74) is 2.33. The van der Waals surface area contributed by atoms with Crippen LogP contribution in [0.3, 0.4) is 0 Å². The summed E-state index contributed by atoms with van der Waals surface area (Å²) in [4.78, 5) is 0. The molecule has 17 heavy (non-hydrogen) atoms. The van der Waals surface area contributed by atoms with Gasteiger partial charge in [-0.15, -0.1) is 0 Å². The van der Waals surface area contributed by atoms with Crippen molar-refractivity contribution in [3.8, 4) is 5.75 Å². The van der Waals surface area contributed by atoms with Crippen molar-refractivity contribution in [2.24, 2.45) is 0 Å². The second-order valence-electron chi connectivity index (χ2n) is 4.51. The number of rotatable bonds is 4. The molecule has 1 aromatic heterocycles. The maximum absolute atomic E-state index is 10.0. The number of phenols is 1. The smallest absolute Gasteiger partial charge is 0.125 e. The van der Waals surface area contributed by atoms with E-state index in [4.69, 9.17) is 0 Å². The van der Waals surface area contributed by atoms with Crippen molar-refractivity contribution < 1.29 is 5.11 Å². The van der Waals surface area contributed by atoms with E-state index < -0.39 is 0 Å². The number of aryl methyl sites for hydroxylation is 1. The molecule has 0 aliphatic heterocycles. The molecule has 2 aromatic rings. The summed E-state index contributed by atoms with van der Waals surface area (Å²) < 4.78 is 2.19. The van der Waals surface area contributed by atoms with Crippen molar-refractivity contribution in [1.29, 1.82) is 0 Å². The fourth-order valence-electron chi connectivity index (χ4n) is 2.27. The van der Waals surface area contributed by atoms with E-state index in [0.29, 0.717) is 11.8 Å². The molecule has 2 rings (SSSR count). The van der Waals surface area contributed by atoms with Gasteiger partial charge in [0.2, 0.25) is 0 Å². The number of aromatic nitrogens is 1. The normalized spacial score (nSPS) is 13.1. The van der Waals surface area contributed by atoms with Crippen LogP contribution in [0.4, 0.5) is 0 Å². The lowest BCUT2D eigenvalue weighted by molar-refractivity contribution is 0.481. The minimum atomic E-state index is 0.382. The first-order chi connectivity index (χ1) is 8.17. The summed E-state index contributed by atoms with van der Waals surface area (Å²) in [6, 6.07) is 6.13. The zero-order chi connectivity index (χ0) is 12.4. The molecule has 0 fully saturated rings. The second-order valence-corrected chi connectivity index (χ2v) is 4.51. The summed E-state index contributed by atoms with van der Waals surface area (Å²) in [6.45, 7) is 5.19. The number of benzene rings is 1. The van der Waals surface area contributed by atoms with E-state index >= 15 is 0 Å². The summed E-state index contributed by atoms with van der Waals surface area (Å²) in [6.07, 6.45) is 3.08. The molecule has 0 saturated carbocycles. The van der Waals surface area contributed by atoms with Crippen molar-refractivity contribution in [2.75, 3.05) is 7.05 Å². The summed E-state index contributed by atoms with van der Waals surface area (Å²) in [5.74, 6) is 0.382. The Kier molecular flexibility index (Phi) is 3.38. The first kappa shape index (κ1) is 12.0. The van der Waals surface area contributed by atoms with Crippen molar-refractivity contribution >= 4 is 10.9 Å². The second kappa shape index (κ2) is 4.80. The summed E-state index contributed by atoms with van der Waals surface area (Å²) in [5, 5.41) is 14.2. The van der Waals surface area contributed by atoms with E-state index in [0.717, 1.165) is 23.9 Å². The third-order valence-corrected chi connectivity index (χ3v) is 3.32. The van der Waals surface area contributed by atoms with Gasteiger partial charge >= 0.3 is 0 Å². The lowest BCUT2D eigenvalue weighted by atomic mass is 10.1. The standard InChI is InChI=1S/C14H20N2O/c1-4-16-9-11(8-10(2)15-3)14-12(16)6-5-7-13(14)17/h5-7,9-10,15,17H,4,8H2,1-3H3. The van der Waals surface area contributed by atoms with Crippen LogP contribution in [-0.2, 0) is 13.0 Å². The van der Waals surface area contributed by atoms with E-state index in [1.807, 2.05) is 13.1 Å². The number of fused-ring (bicyclic) bond motifs is 1. The summed E-state index contributed by atoms with van der Waals surface area (Å²) in [7, 11) is 1.96. The van der Waals surface area contributed by atoms with Crippen LogP contribution in [0.5, 0.6) is 5.75 Å². The highest BCUT2D eigenvalue weighted by molar-refractivity contribution is 5.89. The van der Waals surface area contributed by atoms with Gasteiger partial charge in [0.25, 0.3) is 0 Å². The largest absolute Gasteiger partial charge is 0.507 e. The number of phenolic OH excluding ortho intramolecular Hbond substituents is 1. The van der Waals surface area contributed by atoms with Gasteiger partial charge in [-0.2, -0.15) is 0 Å². The Bertz CT molecular complexity index is 516. The Labute approximate surface area is 102 Å². The highest BCUT2D eigenvalue weighted by Crippen LogP contribution is 2.30. The molecule has 1 aromatic carbocycles. The third kappa shape index (κ3) is 2.15. The predicted molar refractivity (Wildman–Crippen MR) is 71.5 cm³/mol. The SMILES string of the molecule is CCn1cc(CC(C)NC)c2c(O)cccc21. The molecule has 2 N–H and O–H groups in total. The number of likely N-dealkylation sites (N-methyl/N-ethyl adjacent to an activating group) is 1. The van der Waals surface area contributed by atoms with E-state index in [9.17, 15) is 5.11 Å². The number of hydrogen-bond donors (Lipinski definition) is 2. The first-order valence-corrected chi connectivity index (χ1v) is 6.14. The van der Waals surface area contributed by atoms with Gasteiger partial charge in [-0.25, -0.2) is 0 Å². The molecule has 0 radical (unpaired) electrons. The molecule has 0 bridgehead atoms. The lowest BCUT2D eigenvalue weighted by Crippen LogP contribution is -2.23. The molecule has 0 saturated heterocycles. The maximum Gasteiger partial charge on any atom is 0.125 e. The monoisotopic (exact) mass is 232 g/mol. The Morgan fingerprint density at radius 1 is 1.41 bits per heavy atom. The van der Waals surface area contributed by atoms with Crippen LogP contribution in [0.1, 0.15) is 19.4 Å². The highest BCUT2D eigenvalue weighted by atomic mass is 16.3. The minimum Gasteiger partial charge on any atom is -0.507 e. The highest BCUT2D eigenvalue weighted by Gasteiger charge is 2.12. The first-order valence-electron chi connectivity index (χ1n) is 6.14. The van der Waals surface area contributed by atoms with Crippen molar-refractivity contribution in [3.63, 3.8) is 0 Å². The molecule has 0 aliphatic rings. The molecule has 3 heteroatoms. The molecule has 1 unspecified atom stereocenters. The molecule has 0 spiro atoms. The molecule has 0 aliphatic carbocycles. The van der Waals surface area contributed by atoms with E-state index in [1.54, 1.807) is 6.07 Å². The number of nitrogens with zero attached hydrogens (tertiary/aromatic N) is 1. The average molecular weight is 232 g/mol. The Morgan fingerprint density at radius 2 is 2.18 bits per heavy atom. The topological polar surface area (TPSA) is 37.2 Å². The van der Waals surface area contributed by atoms with Crippen LogP contribution < -0.4 is 5.32 Å². The summed E-state index contributed by atoms with van der Waals surface area (Å²) >= 11 is 0. The van der Waals surface area contributed by atoms with Crippen molar-refractivity contribution in [3.05, 3.63) is 30.0 Å². The van der Waals surface area contributed by atoms with Gasteiger partial charge in [-0.1, -0.05) is 6.07 Å². The van der Waals surface area contributed by atoms with Gasteiger partial charge in [0.15, 0.2) is 0 Å². The van der Waals surface area contributed by atoms with E-state index in [-0.39, 0.29) is 0 Å². The Hall–Kier alpha value is -1.48. The molecular weight excluding hydrogens is 212 g/mol. The van der Waals surface area contributed by atoms with E-state index in [2.05, 4.69) is 36.0 Å². The zero-order valence-corrected chi connectivity index (χ0v) is 10.7. The van der Waals surface area contributed by atoms with Gasteiger partial charge in [0.1, 0.15) is 5.75 Å². The quantitative estimate of drug-likeness (QED) is 0.850. The predicted octanol–water partition coefficient (Wildman–Crippen LogP) is 2.52. The van der Waals surface area contributed by atoms with E-state index in [1.165, 1.54) is 5.56 Å². The van der Waals surface area contributed by atoms with Crippen molar-refractivity contribution in [1.82, 2.24) is 9.88 Å². The van der Waals surface area contributed by atoms with Crippen LogP contribution in [-0.4, -0.2) is 22.8 Å². The lowest BCUT2D eigenvalue weighted by Gasteiger charge is -2.08. The maximum atomic E-state index is 10.0. The van der Waals surface area contributed by atoms with Gasteiger partial charge < -0.3 is 15.0 Å². The molecule has 1 heterocycles. The van der Waals surface area contributed by atoms with Crippen LogP contribution in [0.2, 0.25) is 0 Å². The molecule has 1 atom stereocenters. The minimum absolute atomic E-state index is 0.382. The van der Waals surface area contributed by atoms with Gasteiger partial charge in [-0.05, 0) is 45.0 Å². The number of aromatic hydroxyl groups is 1. The average Bonchev–Trinajstić information content (AvgIpc) is 2.68. The number of nitrogens with one attached hydrogen (secondary N) is 1. The molecule has 0 amide bonds. The molecule has 92 valence electrons. The van der Waals surface area contributed by atoms with Crippen LogP contribution in [0.25, 0.3) is 10.9 Å². The fraction of sp³-hybridized carbons (Fsp3) is 0.429. The Morgan fingerprint density at radius 3 is 2.82 bits per heavy atom. The Balaban J connectivity index is 2.55. The fourth-order valence-corrected chi connectivity index (χ4v) is 2.27. The van der Waals surface area contributed by atoms with Crippen LogP contribution in [0.15, 0.2) is 24.4 Å². The zero-order valence-electron chi connectivity index (χ0n) is 10.7.